The second-order valence-corrected chi connectivity index (χ2v) is 4.89. The molecule has 1 aliphatic rings. The lowest BCUT2D eigenvalue weighted by Gasteiger charge is -2.28. The summed E-state index contributed by atoms with van der Waals surface area (Å²) in [5, 5.41) is 0. The van der Waals surface area contributed by atoms with Crippen LogP contribution in [0.4, 0.5) is 0 Å². The molecule has 0 N–H and O–H groups in total. The van der Waals surface area contributed by atoms with Gasteiger partial charge < -0.3 is 0 Å². The van der Waals surface area contributed by atoms with Crippen LogP contribution in [0.25, 0.3) is 0 Å². The fraction of sp³-hybridized carbons (Fsp3) is 0.500. The normalized spacial score (nSPS) is 25.0. The Morgan fingerprint density at radius 2 is 1.75 bits per heavy atom. The number of hydrogen-bond donors (Lipinski definition) is 0. The molecule has 0 unspecified atom stereocenters. The number of hydrogen-bond acceptors (Lipinski definition) is 0. The predicted molar refractivity (Wildman–Crippen MR) is 69.4 cm³/mol. The van der Waals surface area contributed by atoms with Crippen LogP contribution in [0, 0.1) is 18.3 Å². The van der Waals surface area contributed by atoms with Crippen LogP contribution < -0.4 is 0 Å². The monoisotopic (exact) mass is 212 g/mol. The standard InChI is InChI=1S/C16H20/c1-3-13-5-9-15(10-6-13)16-11-7-14(4-2)8-12-16/h1,5-6,9-10,14,16H,4,7-8,11-12H2,2H3/t14-,16-. The van der Waals surface area contributed by atoms with E-state index in [9.17, 15) is 0 Å². The predicted octanol–water partition coefficient (Wildman–Crippen LogP) is 4.35. The molecule has 1 fully saturated rings. The maximum Gasteiger partial charge on any atom is 0.0242 e. The zero-order valence-electron chi connectivity index (χ0n) is 10.1. The van der Waals surface area contributed by atoms with Gasteiger partial charge in [0.05, 0.1) is 0 Å². The van der Waals surface area contributed by atoms with E-state index in [4.69, 9.17) is 6.42 Å². The van der Waals surface area contributed by atoms with Gasteiger partial charge in [0.1, 0.15) is 0 Å². The molecule has 84 valence electrons. The molecule has 16 heavy (non-hydrogen) atoms. The average molecular weight is 212 g/mol. The maximum atomic E-state index is 5.36. The highest BCUT2D eigenvalue weighted by atomic mass is 14.3. The van der Waals surface area contributed by atoms with Gasteiger partial charge in [-0.2, -0.15) is 0 Å². The Hall–Kier alpha value is -1.22. The van der Waals surface area contributed by atoms with Gasteiger partial charge in [-0.3, -0.25) is 0 Å². The summed E-state index contributed by atoms with van der Waals surface area (Å²) in [5.41, 5.74) is 2.47. The van der Waals surface area contributed by atoms with Crippen LogP contribution in [0.2, 0.25) is 0 Å². The Bertz CT molecular complexity index is 358. The summed E-state index contributed by atoms with van der Waals surface area (Å²) in [5.74, 6) is 4.42. The molecule has 1 saturated carbocycles. The lowest BCUT2D eigenvalue weighted by atomic mass is 9.78. The van der Waals surface area contributed by atoms with Gasteiger partial charge in [0.25, 0.3) is 0 Å². The highest BCUT2D eigenvalue weighted by Gasteiger charge is 2.20. The summed E-state index contributed by atoms with van der Waals surface area (Å²) in [7, 11) is 0. The molecule has 0 aliphatic heterocycles. The van der Waals surface area contributed by atoms with Crippen molar-refractivity contribution < 1.29 is 0 Å². The minimum atomic E-state index is 0.773. The van der Waals surface area contributed by atoms with Gasteiger partial charge in [0, 0.05) is 5.56 Å². The largest absolute Gasteiger partial charge is 0.115 e. The van der Waals surface area contributed by atoms with E-state index in [2.05, 4.69) is 37.1 Å². The van der Waals surface area contributed by atoms with E-state index in [1.807, 2.05) is 0 Å². The molecule has 0 atom stereocenters. The lowest BCUT2D eigenvalue weighted by molar-refractivity contribution is 0.319. The maximum absolute atomic E-state index is 5.36. The smallest absolute Gasteiger partial charge is 0.0242 e. The van der Waals surface area contributed by atoms with E-state index in [-0.39, 0.29) is 0 Å². The van der Waals surface area contributed by atoms with Crippen molar-refractivity contribution in [3.63, 3.8) is 0 Å². The molecule has 0 saturated heterocycles. The summed E-state index contributed by atoms with van der Waals surface area (Å²) in [6.45, 7) is 2.31. The van der Waals surface area contributed by atoms with Crippen molar-refractivity contribution in [1.29, 1.82) is 0 Å². The summed E-state index contributed by atoms with van der Waals surface area (Å²) in [4.78, 5) is 0. The fourth-order valence-electron chi connectivity index (χ4n) is 2.76. The first-order chi connectivity index (χ1) is 7.83. The molecule has 0 spiro atoms. The van der Waals surface area contributed by atoms with Crippen LogP contribution in [0.1, 0.15) is 56.1 Å². The first kappa shape index (κ1) is 11.3. The van der Waals surface area contributed by atoms with E-state index in [0.717, 1.165) is 17.4 Å². The van der Waals surface area contributed by atoms with Crippen molar-refractivity contribution in [1.82, 2.24) is 0 Å². The Morgan fingerprint density at radius 1 is 1.12 bits per heavy atom. The van der Waals surface area contributed by atoms with Gasteiger partial charge in [0.15, 0.2) is 0 Å². The Morgan fingerprint density at radius 3 is 2.25 bits per heavy atom. The van der Waals surface area contributed by atoms with E-state index in [1.54, 1.807) is 0 Å². The highest BCUT2D eigenvalue weighted by molar-refractivity contribution is 5.35. The van der Waals surface area contributed by atoms with Crippen molar-refractivity contribution in [3.8, 4) is 12.3 Å². The minimum Gasteiger partial charge on any atom is -0.115 e. The molecule has 2 rings (SSSR count). The third kappa shape index (κ3) is 2.47. The van der Waals surface area contributed by atoms with Gasteiger partial charge in [0.2, 0.25) is 0 Å². The summed E-state index contributed by atoms with van der Waals surface area (Å²) >= 11 is 0. The van der Waals surface area contributed by atoms with Crippen LogP contribution in [0.15, 0.2) is 24.3 Å². The topological polar surface area (TPSA) is 0 Å². The van der Waals surface area contributed by atoms with Crippen molar-refractivity contribution in [2.24, 2.45) is 5.92 Å². The molecule has 1 aromatic carbocycles. The molecule has 0 heterocycles. The number of terminal acetylenes is 1. The van der Waals surface area contributed by atoms with Gasteiger partial charge in [-0.1, -0.05) is 31.4 Å². The molecule has 0 amide bonds. The first-order valence-electron chi connectivity index (χ1n) is 6.40. The number of rotatable bonds is 2. The SMILES string of the molecule is C#Cc1ccc([C@H]2CC[C@H](CC)CC2)cc1. The molecular formula is C16H20. The van der Waals surface area contributed by atoms with E-state index in [1.165, 1.54) is 37.7 Å². The second kappa shape index (κ2) is 5.21. The van der Waals surface area contributed by atoms with Crippen molar-refractivity contribution in [3.05, 3.63) is 35.4 Å². The summed E-state index contributed by atoms with van der Waals surface area (Å²) in [6.07, 6.45) is 12.2. The molecule has 0 aromatic heterocycles. The van der Waals surface area contributed by atoms with Gasteiger partial charge >= 0.3 is 0 Å². The molecule has 0 nitrogen and oxygen atoms in total. The minimum absolute atomic E-state index is 0.773. The summed E-state index contributed by atoms with van der Waals surface area (Å²) < 4.78 is 0. The summed E-state index contributed by atoms with van der Waals surface area (Å²) in [6, 6.07) is 8.57. The highest BCUT2D eigenvalue weighted by Crippen LogP contribution is 2.36. The Balaban J connectivity index is 2.00. The molecular weight excluding hydrogens is 192 g/mol. The molecule has 1 aliphatic carbocycles. The van der Waals surface area contributed by atoms with Crippen LogP contribution in [0.3, 0.4) is 0 Å². The van der Waals surface area contributed by atoms with E-state index < -0.39 is 0 Å². The van der Waals surface area contributed by atoms with Crippen LogP contribution in [-0.4, -0.2) is 0 Å². The lowest BCUT2D eigenvalue weighted by Crippen LogP contribution is -2.12. The zero-order valence-corrected chi connectivity index (χ0v) is 10.1. The van der Waals surface area contributed by atoms with Gasteiger partial charge in [-0.25, -0.2) is 0 Å². The van der Waals surface area contributed by atoms with E-state index in [0.29, 0.717) is 0 Å². The third-order valence-corrected chi connectivity index (χ3v) is 3.97. The van der Waals surface area contributed by atoms with Gasteiger partial charge in [-0.15, -0.1) is 6.42 Å². The molecule has 1 aromatic rings. The quantitative estimate of drug-likeness (QED) is 0.639. The van der Waals surface area contributed by atoms with E-state index >= 15 is 0 Å². The van der Waals surface area contributed by atoms with Crippen molar-refractivity contribution in [2.75, 3.05) is 0 Å². The van der Waals surface area contributed by atoms with Crippen LogP contribution >= 0.6 is 0 Å². The second-order valence-electron chi connectivity index (χ2n) is 4.89. The Labute approximate surface area is 99.1 Å². The average Bonchev–Trinajstić information content (AvgIpc) is 2.39. The Kier molecular flexibility index (Phi) is 3.67. The van der Waals surface area contributed by atoms with Crippen molar-refractivity contribution in [2.45, 2.75) is 44.9 Å². The molecule has 0 radical (unpaired) electrons. The first-order valence-corrected chi connectivity index (χ1v) is 6.40. The zero-order chi connectivity index (χ0) is 11.4. The van der Waals surface area contributed by atoms with Gasteiger partial charge in [-0.05, 0) is 55.2 Å². The van der Waals surface area contributed by atoms with Crippen LogP contribution in [0.5, 0.6) is 0 Å². The van der Waals surface area contributed by atoms with Crippen molar-refractivity contribution >= 4 is 0 Å². The number of benzene rings is 1. The third-order valence-electron chi connectivity index (χ3n) is 3.97. The van der Waals surface area contributed by atoms with Crippen LogP contribution in [-0.2, 0) is 0 Å². The fourth-order valence-corrected chi connectivity index (χ4v) is 2.76. The molecule has 0 heteroatoms. The molecule has 0 bridgehead atoms.